The third-order valence-corrected chi connectivity index (χ3v) is 5.13. The molecule has 0 bridgehead atoms. The van der Waals surface area contributed by atoms with Gasteiger partial charge in [0.2, 0.25) is 0 Å². The molecule has 0 spiro atoms. The fourth-order valence-corrected chi connectivity index (χ4v) is 3.52. The number of nitrogens with one attached hydrogen (secondary N) is 1. The molecule has 0 unspecified atom stereocenters. The average molecular weight is 332 g/mol. The van der Waals surface area contributed by atoms with Gasteiger partial charge in [0.05, 0.1) is 18.7 Å². The second-order valence-electron chi connectivity index (χ2n) is 6.74. The fourth-order valence-electron chi connectivity index (χ4n) is 3.52. The number of carboxylic acid groups (broad SMARTS) is 1. The molecule has 2 N–H and O–H groups in total. The van der Waals surface area contributed by atoms with Crippen molar-refractivity contribution in [1.29, 1.82) is 0 Å². The molecule has 6 nitrogen and oxygen atoms in total. The van der Waals surface area contributed by atoms with Crippen molar-refractivity contribution in [2.45, 2.75) is 45.1 Å². The van der Waals surface area contributed by atoms with Crippen LogP contribution in [0.1, 0.15) is 44.8 Å². The highest BCUT2D eigenvalue weighted by molar-refractivity contribution is 5.79. The lowest BCUT2D eigenvalue weighted by Gasteiger charge is -2.33. The molecule has 1 aromatic heterocycles. The van der Waals surface area contributed by atoms with Crippen LogP contribution in [0, 0.1) is 5.92 Å². The van der Waals surface area contributed by atoms with E-state index in [9.17, 15) is 9.59 Å². The van der Waals surface area contributed by atoms with Gasteiger partial charge in [-0.15, -0.1) is 0 Å². The van der Waals surface area contributed by atoms with E-state index in [1.165, 1.54) is 5.57 Å². The zero-order chi connectivity index (χ0) is 17.1. The maximum Gasteiger partial charge on any atom is 0.317 e. The van der Waals surface area contributed by atoms with Crippen molar-refractivity contribution in [3.8, 4) is 0 Å². The van der Waals surface area contributed by atoms with Gasteiger partial charge in [-0.2, -0.15) is 0 Å². The van der Waals surface area contributed by atoms with Crippen LogP contribution in [0.4, 0.5) is 4.79 Å². The Bertz CT molecular complexity index is 627. The van der Waals surface area contributed by atoms with Crippen molar-refractivity contribution in [2.75, 3.05) is 13.1 Å². The minimum atomic E-state index is -0.723. The van der Waals surface area contributed by atoms with Gasteiger partial charge in [0.15, 0.2) is 0 Å². The van der Waals surface area contributed by atoms with Crippen molar-refractivity contribution >= 4 is 17.6 Å². The zero-order valence-corrected chi connectivity index (χ0v) is 14.0. The SMILES string of the molecule is CC1=C(c2ccco2)CN(C(=O)NC2CCC(C(=O)O)CC2)CC1. The Balaban J connectivity index is 1.56. The summed E-state index contributed by atoms with van der Waals surface area (Å²) in [5.41, 5.74) is 2.34. The maximum absolute atomic E-state index is 12.5. The van der Waals surface area contributed by atoms with Crippen LogP contribution in [0.2, 0.25) is 0 Å². The molecule has 1 aliphatic carbocycles. The Morgan fingerprint density at radius 2 is 2.04 bits per heavy atom. The second kappa shape index (κ2) is 7.11. The number of rotatable bonds is 3. The first-order valence-corrected chi connectivity index (χ1v) is 8.55. The van der Waals surface area contributed by atoms with Crippen LogP contribution >= 0.6 is 0 Å². The topological polar surface area (TPSA) is 82.8 Å². The predicted octanol–water partition coefficient (Wildman–Crippen LogP) is 3.11. The Hall–Kier alpha value is -2.24. The molecule has 0 saturated heterocycles. The average Bonchev–Trinajstić information content (AvgIpc) is 3.10. The van der Waals surface area contributed by atoms with Gasteiger partial charge in [-0.25, -0.2) is 4.79 Å². The van der Waals surface area contributed by atoms with Gasteiger partial charge < -0.3 is 19.7 Å². The highest BCUT2D eigenvalue weighted by atomic mass is 16.4. The first-order chi connectivity index (χ1) is 11.5. The lowest BCUT2D eigenvalue weighted by atomic mass is 9.86. The third-order valence-electron chi connectivity index (χ3n) is 5.13. The summed E-state index contributed by atoms with van der Waals surface area (Å²) in [5, 5.41) is 12.1. The van der Waals surface area contributed by atoms with E-state index in [4.69, 9.17) is 9.52 Å². The third kappa shape index (κ3) is 3.63. The molecule has 1 aliphatic heterocycles. The zero-order valence-electron chi connectivity index (χ0n) is 14.0. The number of carboxylic acids is 1. The summed E-state index contributed by atoms with van der Waals surface area (Å²) in [5.74, 6) is -0.157. The number of amides is 2. The van der Waals surface area contributed by atoms with E-state index in [1.54, 1.807) is 6.26 Å². The first kappa shape index (κ1) is 16.6. The number of carbonyl (C=O) groups is 2. The molecule has 0 radical (unpaired) electrons. The van der Waals surface area contributed by atoms with Crippen LogP contribution in [0.5, 0.6) is 0 Å². The lowest BCUT2D eigenvalue weighted by Crippen LogP contribution is -2.48. The smallest absolute Gasteiger partial charge is 0.317 e. The van der Waals surface area contributed by atoms with E-state index in [1.807, 2.05) is 17.0 Å². The number of nitrogens with zero attached hydrogens (tertiary/aromatic N) is 1. The summed E-state index contributed by atoms with van der Waals surface area (Å²) in [6, 6.07) is 3.79. The summed E-state index contributed by atoms with van der Waals surface area (Å²) in [7, 11) is 0. The van der Waals surface area contributed by atoms with Gasteiger partial charge in [0.25, 0.3) is 0 Å². The summed E-state index contributed by atoms with van der Waals surface area (Å²) < 4.78 is 5.48. The van der Waals surface area contributed by atoms with E-state index < -0.39 is 5.97 Å². The van der Waals surface area contributed by atoms with Crippen molar-refractivity contribution < 1.29 is 19.1 Å². The molecule has 2 heterocycles. The van der Waals surface area contributed by atoms with Gasteiger partial charge in [0.1, 0.15) is 5.76 Å². The van der Waals surface area contributed by atoms with Crippen molar-refractivity contribution in [1.82, 2.24) is 10.2 Å². The minimum absolute atomic E-state index is 0.0645. The van der Waals surface area contributed by atoms with E-state index in [0.717, 1.165) is 30.6 Å². The summed E-state index contributed by atoms with van der Waals surface area (Å²) in [6.07, 6.45) is 5.23. The first-order valence-electron chi connectivity index (χ1n) is 8.55. The fraction of sp³-hybridized carbons (Fsp3) is 0.556. The van der Waals surface area contributed by atoms with Crippen molar-refractivity contribution in [3.63, 3.8) is 0 Å². The van der Waals surface area contributed by atoms with Gasteiger partial charge in [-0.05, 0) is 51.2 Å². The van der Waals surface area contributed by atoms with E-state index in [0.29, 0.717) is 25.9 Å². The van der Waals surface area contributed by atoms with Crippen LogP contribution in [0.15, 0.2) is 28.4 Å². The molecule has 1 fully saturated rings. The largest absolute Gasteiger partial charge is 0.481 e. The quantitative estimate of drug-likeness (QED) is 0.891. The molecule has 2 amide bonds. The van der Waals surface area contributed by atoms with E-state index >= 15 is 0 Å². The maximum atomic E-state index is 12.5. The minimum Gasteiger partial charge on any atom is -0.481 e. The van der Waals surface area contributed by atoms with Crippen molar-refractivity contribution in [3.05, 3.63) is 29.7 Å². The summed E-state index contributed by atoms with van der Waals surface area (Å²) in [6.45, 7) is 3.34. The molecule has 1 saturated carbocycles. The van der Waals surface area contributed by atoms with E-state index in [-0.39, 0.29) is 18.0 Å². The van der Waals surface area contributed by atoms with Crippen LogP contribution in [-0.4, -0.2) is 41.1 Å². The molecule has 24 heavy (non-hydrogen) atoms. The molecular formula is C18H24N2O4. The van der Waals surface area contributed by atoms with Gasteiger partial charge in [0, 0.05) is 18.2 Å². The molecular weight excluding hydrogens is 308 g/mol. The van der Waals surface area contributed by atoms with Crippen LogP contribution < -0.4 is 5.32 Å². The predicted molar refractivity (Wildman–Crippen MR) is 89.4 cm³/mol. The number of hydrogen-bond acceptors (Lipinski definition) is 3. The summed E-state index contributed by atoms with van der Waals surface area (Å²) >= 11 is 0. The van der Waals surface area contributed by atoms with Gasteiger partial charge >= 0.3 is 12.0 Å². The van der Waals surface area contributed by atoms with Crippen molar-refractivity contribution in [2.24, 2.45) is 5.92 Å². The van der Waals surface area contributed by atoms with Crippen LogP contribution in [-0.2, 0) is 4.79 Å². The number of aliphatic carboxylic acids is 1. The number of urea groups is 1. The molecule has 130 valence electrons. The molecule has 3 rings (SSSR count). The molecule has 0 atom stereocenters. The molecule has 2 aliphatic rings. The molecule has 6 heteroatoms. The number of carbonyl (C=O) groups excluding carboxylic acids is 1. The second-order valence-corrected chi connectivity index (χ2v) is 6.74. The molecule has 1 aromatic rings. The standard InChI is InChI=1S/C18H24N2O4/c1-12-8-9-20(11-15(12)16-3-2-10-24-16)18(23)19-14-6-4-13(5-7-14)17(21)22/h2-3,10,13-14H,4-9,11H2,1H3,(H,19,23)(H,21,22). The Morgan fingerprint density at radius 3 is 2.67 bits per heavy atom. The Labute approximate surface area is 141 Å². The lowest BCUT2D eigenvalue weighted by molar-refractivity contribution is -0.142. The Morgan fingerprint density at radius 1 is 1.29 bits per heavy atom. The van der Waals surface area contributed by atoms with E-state index in [2.05, 4.69) is 12.2 Å². The molecule has 0 aromatic carbocycles. The van der Waals surface area contributed by atoms with Gasteiger partial charge in [-0.1, -0.05) is 5.57 Å². The highest BCUT2D eigenvalue weighted by Crippen LogP contribution is 2.28. The van der Waals surface area contributed by atoms with Crippen LogP contribution in [0.25, 0.3) is 5.57 Å². The number of furan rings is 1. The van der Waals surface area contributed by atoms with Gasteiger partial charge in [-0.3, -0.25) is 4.79 Å². The highest BCUT2D eigenvalue weighted by Gasteiger charge is 2.29. The Kier molecular flexibility index (Phi) is 4.92. The summed E-state index contributed by atoms with van der Waals surface area (Å²) in [4.78, 5) is 25.4. The normalized spacial score (nSPS) is 24.8. The monoisotopic (exact) mass is 332 g/mol. The van der Waals surface area contributed by atoms with Crippen LogP contribution in [0.3, 0.4) is 0 Å². The number of hydrogen-bond donors (Lipinski definition) is 2.